The Kier molecular flexibility index (Phi) is 6.02. The molecular formula is C18H17F2N5OS. The summed E-state index contributed by atoms with van der Waals surface area (Å²) in [6, 6.07) is 11.6. The third-order valence-electron chi connectivity index (χ3n) is 3.68. The van der Waals surface area contributed by atoms with Gasteiger partial charge in [-0.3, -0.25) is 4.79 Å². The quantitative estimate of drug-likeness (QED) is 0.606. The summed E-state index contributed by atoms with van der Waals surface area (Å²) in [7, 11) is 1.81. The van der Waals surface area contributed by atoms with E-state index >= 15 is 0 Å². The van der Waals surface area contributed by atoms with Gasteiger partial charge in [0.05, 0.1) is 12.3 Å². The van der Waals surface area contributed by atoms with Crippen molar-refractivity contribution < 1.29 is 13.6 Å². The van der Waals surface area contributed by atoms with E-state index in [0.717, 1.165) is 5.69 Å². The van der Waals surface area contributed by atoms with Crippen LogP contribution in [0.4, 0.5) is 20.2 Å². The highest BCUT2D eigenvalue weighted by Gasteiger charge is 2.11. The van der Waals surface area contributed by atoms with E-state index in [1.54, 1.807) is 16.7 Å². The average molecular weight is 389 g/mol. The van der Waals surface area contributed by atoms with Crippen molar-refractivity contribution in [2.75, 3.05) is 16.4 Å². The number of rotatable bonds is 7. The molecule has 1 amide bonds. The molecule has 27 heavy (non-hydrogen) atoms. The Labute approximate surface area is 159 Å². The fourth-order valence-electron chi connectivity index (χ4n) is 2.23. The number of anilines is 2. The van der Waals surface area contributed by atoms with E-state index in [-0.39, 0.29) is 23.3 Å². The van der Waals surface area contributed by atoms with Crippen molar-refractivity contribution in [3.05, 3.63) is 66.0 Å². The second kappa shape index (κ2) is 8.63. The maximum atomic E-state index is 12.9. The summed E-state index contributed by atoms with van der Waals surface area (Å²) >= 11 is 1.25. The van der Waals surface area contributed by atoms with Crippen molar-refractivity contribution in [3.63, 3.8) is 0 Å². The summed E-state index contributed by atoms with van der Waals surface area (Å²) in [5.41, 5.74) is 1.30. The topological polar surface area (TPSA) is 71.8 Å². The molecule has 0 aliphatic carbocycles. The van der Waals surface area contributed by atoms with Crippen molar-refractivity contribution in [1.82, 2.24) is 14.8 Å². The van der Waals surface area contributed by atoms with Crippen LogP contribution in [0, 0.1) is 11.6 Å². The third-order valence-corrected chi connectivity index (χ3v) is 4.70. The molecule has 3 rings (SSSR count). The second-order valence-corrected chi connectivity index (χ2v) is 6.60. The zero-order chi connectivity index (χ0) is 19.2. The zero-order valence-electron chi connectivity index (χ0n) is 14.4. The summed E-state index contributed by atoms with van der Waals surface area (Å²) in [5.74, 6) is -0.0456. The predicted octanol–water partition coefficient (Wildman–Crippen LogP) is 3.44. The Morgan fingerprint density at radius 3 is 2.22 bits per heavy atom. The van der Waals surface area contributed by atoms with Gasteiger partial charge in [-0.25, -0.2) is 8.78 Å². The zero-order valence-corrected chi connectivity index (χ0v) is 15.3. The van der Waals surface area contributed by atoms with Crippen LogP contribution in [0.1, 0.15) is 5.82 Å². The predicted molar refractivity (Wildman–Crippen MR) is 100 cm³/mol. The molecule has 0 saturated carbocycles. The third kappa shape index (κ3) is 5.27. The van der Waals surface area contributed by atoms with Gasteiger partial charge in [0.25, 0.3) is 0 Å². The van der Waals surface area contributed by atoms with Gasteiger partial charge in [-0.1, -0.05) is 11.8 Å². The van der Waals surface area contributed by atoms with Crippen LogP contribution in [0.25, 0.3) is 0 Å². The number of amides is 1. The summed E-state index contributed by atoms with van der Waals surface area (Å²) in [6.07, 6.45) is 0. The number of nitrogens with zero attached hydrogens (tertiary/aromatic N) is 3. The number of hydrogen-bond donors (Lipinski definition) is 2. The van der Waals surface area contributed by atoms with Crippen LogP contribution in [-0.2, 0) is 18.4 Å². The minimum atomic E-state index is -0.358. The normalized spacial score (nSPS) is 10.6. The molecule has 6 nitrogen and oxygen atoms in total. The number of carbonyl (C=O) groups excluding carboxylic acids is 1. The Morgan fingerprint density at radius 1 is 1.00 bits per heavy atom. The number of carbonyl (C=O) groups is 1. The largest absolute Gasteiger partial charge is 0.378 e. The molecule has 2 N–H and O–H groups in total. The lowest BCUT2D eigenvalue weighted by Crippen LogP contribution is -2.14. The second-order valence-electron chi connectivity index (χ2n) is 5.66. The SMILES string of the molecule is Cn1c(CNc2ccc(F)cc2)nnc1SCC(=O)Nc1ccc(F)cc1. The summed E-state index contributed by atoms with van der Waals surface area (Å²) in [5, 5.41) is 14.6. The van der Waals surface area contributed by atoms with Gasteiger partial charge in [-0.2, -0.15) is 0 Å². The van der Waals surface area contributed by atoms with E-state index in [1.165, 1.54) is 48.2 Å². The van der Waals surface area contributed by atoms with E-state index in [9.17, 15) is 13.6 Å². The first-order chi connectivity index (χ1) is 13.0. The Bertz CT molecular complexity index is 913. The van der Waals surface area contributed by atoms with E-state index in [4.69, 9.17) is 0 Å². The maximum Gasteiger partial charge on any atom is 0.234 e. The highest BCUT2D eigenvalue weighted by atomic mass is 32.2. The van der Waals surface area contributed by atoms with Crippen molar-refractivity contribution in [3.8, 4) is 0 Å². The molecule has 0 fully saturated rings. The molecule has 140 valence electrons. The van der Waals surface area contributed by atoms with Crippen LogP contribution in [0.2, 0.25) is 0 Å². The first kappa shape index (κ1) is 18.8. The van der Waals surface area contributed by atoms with Gasteiger partial charge < -0.3 is 15.2 Å². The van der Waals surface area contributed by atoms with Crippen molar-refractivity contribution >= 4 is 29.0 Å². The van der Waals surface area contributed by atoms with E-state index < -0.39 is 0 Å². The van der Waals surface area contributed by atoms with Crippen molar-refractivity contribution in [2.24, 2.45) is 7.05 Å². The lowest BCUT2D eigenvalue weighted by atomic mass is 10.3. The van der Waals surface area contributed by atoms with Gasteiger partial charge in [0.15, 0.2) is 11.0 Å². The number of hydrogen-bond acceptors (Lipinski definition) is 5. The number of thioether (sulfide) groups is 1. The average Bonchev–Trinajstić information content (AvgIpc) is 3.01. The lowest BCUT2D eigenvalue weighted by molar-refractivity contribution is -0.113. The van der Waals surface area contributed by atoms with Gasteiger partial charge in [-0.15, -0.1) is 10.2 Å². The Balaban J connectivity index is 1.51. The van der Waals surface area contributed by atoms with Gasteiger partial charge in [0, 0.05) is 18.4 Å². The van der Waals surface area contributed by atoms with E-state index in [1.807, 2.05) is 7.05 Å². The monoisotopic (exact) mass is 389 g/mol. The molecule has 0 aliphatic rings. The highest BCUT2D eigenvalue weighted by Crippen LogP contribution is 2.17. The molecule has 1 heterocycles. The summed E-state index contributed by atoms with van der Waals surface area (Å²) < 4.78 is 27.6. The standard InChI is InChI=1S/C18H17F2N5OS/c1-25-16(10-21-14-6-2-12(19)3-7-14)23-24-18(25)27-11-17(26)22-15-8-4-13(20)5-9-15/h2-9,21H,10-11H2,1H3,(H,22,26). The maximum absolute atomic E-state index is 12.9. The number of aromatic nitrogens is 3. The van der Waals surface area contributed by atoms with Gasteiger partial charge in [0.2, 0.25) is 5.91 Å². The summed E-state index contributed by atoms with van der Waals surface area (Å²) in [6.45, 7) is 0.414. The van der Waals surface area contributed by atoms with Crippen LogP contribution in [0.5, 0.6) is 0 Å². The first-order valence-electron chi connectivity index (χ1n) is 8.07. The van der Waals surface area contributed by atoms with Crippen LogP contribution in [0.3, 0.4) is 0 Å². The molecule has 9 heteroatoms. The molecule has 0 unspecified atom stereocenters. The Hall–Kier alpha value is -2.94. The van der Waals surface area contributed by atoms with Crippen LogP contribution >= 0.6 is 11.8 Å². The Morgan fingerprint density at radius 2 is 1.59 bits per heavy atom. The molecule has 0 spiro atoms. The molecule has 3 aromatic rings. The lowest BCUT2D eigenvalue weighted by Gasteiger charge is -2.07. The molecule has 0 atom stereocenters. The summed E-state index contributed by atoms with van der Waals surface area (Å²) in [4.78, 5) is 12.0. The number of benzene rings is 2. The smallest absolute Gasteiger partial charge is 0.234 e. The highest BCUT2D eigenvalue weighted by molar-refractivity contribution is 7.99. The first-order valence-corrected chi connectivity index (χ1v) is 9.06. The molecule has 0 aliphatic heterocycles. The minimum absolute atomic E-state index is 0.148. The number of halogens is 2. The fourth-order valence-corrected chi connectivity index (χ4v) is 2.96. The van der Waals surface area contributed by atoms with Crippen molar-refractivity contribution in [2.45, 2.75) is 11.7 Å². The van der Waals surface area contributed by atoms with Gasteiger partial charge >= 0.3 is 0 Å². The van der Waals surface area contributed by atoms with Crippen LogP contribution in [0.15, 0.2) is 53.7 Å². The van der Waals surface area contributed by atoms with E-state index in [2.05, 4.69) is 20.8 Å². The molecule has 0 saturated heterocycles. The molecule has 2 aromatic carbocycles. The molecular weight excluding hydrogens is 372 g/mol. The molecule has 0 radical (unpaired) electrons. The van der Waals surface area contributed by atoms with Crippen molar-refractivity contribution in [1.29, 1.82) is 0 Å². The fraction of sp³-hybridized carbons (Fsp3) is 0.167. The van der Waals surface area contributed by atoms with Crippen LogP contribution < -0.4 is 10.6 Å². The number of nitrogens with one attached hydrogen (secondary N) is 2. The van der Waals surface area contributed by atoms with Crippen LogP contribution in [-0.4, -0.2) is 26.4 Å². The van der Waals surface area contributed by atoms with E-state index in [0.29, 0.717) is 23.2 Å². The molecule has 1 aromatic heterocycles. The van der Waals surface area contributed by atoms with Gasteiger partial charge in [0.1, 0.15) is 11.6 Å². The van der Waals surface area contributed by atoms with Gasteiger partial charge in [-0.05, 0) is 48.5 Å². The molecule has 0 bridgehead atoms. The minimum Gasteiger partial charge on any atom is -0.378 e.